The standard InChI is InChI=1S/C18H18O6.C3H4O2/c1-4-9-22-16(19)13-7-8-14(17(20)23-10-5-2)15(12-13)18(21)24-11-6-3;1-2-3(4)5/h4-8,12H,1-3,9-11H2;2H,1H2,(H,4,5). The van der Waals surface area contributed by atoms with Crippen LogP contribution in [-0.4, -0.2) is 48.8 Å². The van der Waals surface area contributed by atoms with E-state index in [1.54, 1.807) is 0 Å². The normalized spacial score (nSPS) is 8.97. The number of hydrogen-bond donors (Lipinski definition) is 1. The van der Waals surface area contributed by atoms with Crippen molar-refractivity contribution in [2.45, 2.75) is 0 Å². The van der Waals surface area contributed by atoms with E-state index in [1.807, 2.05) is 0 Å². The Kier molecular flexibility index (Phi) is 12.2. The molecule has 0 radical (unpaired) electrons. The van der Waals surface area contributed by atoms with E-state index in [9.17, 15) is 19.2 Å². The van der Waals surface area contributed by atoms with Crippen molar-refractivity contribution >= 4 is 23.9 Å². The van der Waals surface area contributed by atoms with Gasteiger partial charge < -0.3 is 19.3 Å². The summed E-state index contributed by atoms with van der Waals surface area (Å²) >= 11 is 0. The van der Waals surface area contributed by atoms with Gasteiger partial charge in [-0.1, -0.05) is 44.5 Å². The van der Waals surface area contributed by atoms with Crippen molar-refractivity contribution in [2.75, 3.05) is 19.8 Å². The third-order valence-electron chi connectivity index (χ3n) is 2.87. The van der Waals surface area contributed by atoms with Gasteiger partial charge in [-0.15, -0.1) is 0 Å². The first-order valence-electron chi connectivity index (χ1n) is 8.15. The van der Waals surface area contributed by atoms with Crippen LogP contribution in [0.3, 0.4) is 0 Å². The molecule has 154 valence electrons. The highest BCUT2D eigenvalue weighted by Gasteiger charge is 2.22. The molecule has 0 amide bonds. The molecule has 8 nitrogen and oxygen atoms in total. The molecule has 0 heterocycles. The second kappa shape index (κ2) is 14.2. The number of carbonyl (C=O) groups excluding carboxylic acids is 3. The zero-order valence-electron chi connectivity index (χ0n) is 15.8. The fourth-order valence-electron chi connectivity index (χ4n) is 1.66. The lowest BCUT2D eigenvalue weighted by molar-refractivity contribution is -0.131. The Morgan fingerprint density at radius 1 is 0.759 bits per heavy atom. The van der Waals surface area contributed by atoms with Crippen molar-refractivity contribution in [1.29, 1.82) is 0 Å². The number of hydrogen-bond acceptors (Lipinski definition) is 7. The van der Waals surface area contributed by atoms with E-state index in [2.05, 4.69) is 26.3 Å². The predicted octanol–water partition coefficient (Wildman–Crippen LogP) is 2.97. The average molecular weight is 402 g/mol. The minimum absolute atomic E-state index is 0.0108. The Labute approximate surface area is 168 Å². The average Bonchev–Trinajstić information content (AvgIpc) is 2.73. The highest BCUT2D eigenvalue weighted by Crippen LogP contribution is 2.16. The van der Waals surface area contributed by atoms with Crippen LogP contribution in [-0.2, 0) is 19.0 Å². The Morgan fingerprint density at radius 3 is 1.59 bits per heavy atom. The second-order valence-electron chi connectivity index (χ2n) is 4.96. The van der Waals surface area contributed by atoms with Gasteiger partial charge in [0, 0.05) is 6.08 Å². The molecule has 1 rings (SSSR count). The van der Waals surface area contributed by atoms with Crippen molar-refractivity contribution in [3.63, 3.8) is 0 Å². The predicted molar refractivity (Wildman–Crippen MR) is 106 cm³/mol. The number of carbonyl (C=O) groups is 4. The summed E-state index contributed by atoms with van der Waals surface area (Å²) in [6.45, 7) is 13.3. The molecule has 0 unspecified atom stereocenters. The van der Waals surface area contributed by atoms with Gasteiger partial charge in [0.25, 0.3) is 0 Å². The van der Waals surface area contributed by atoms with Crippen LogP contribution in [0, 0.1) is 0 Å². The van der Waals surface area contributed by atoms with Crippen molar-refractivity contribution in [3.05, 3.63) is 85.5 Å². The molecule has 0 saturated heterocycles. The zero-order chi connectivity index (χ0) is 22.2. The van der Waals surface area contributed by atoms with Crippen LogP contribution in [0.5, 0.6) is 0 Å². The molecule has 0 aliphatic rings. The van der Waals surface area contributed by atoms with Crippen molar-refractivity contribution in [3.8, 4) is 0 Å². The van der Waals surface area contributed by atoms with Gasteiger partial charge in [0.1, 0.15) is 19.8 Å². The molecule has 1 N–H and O–H groups in total. The van der Waals surface area contributed by atoms with Gasteiger partial charge in [-0.05, 0) is 18.2 Å². The zero-order valence-corrected chi connectivity index (χ0v) is 15.8. The Hall–Kier alpha value is -3.94. The lowest BCUT2D eigenvalue weighted by Crippen LogP contribution is -2.16. The molecule has 1 aromatic carbocycles. The molecule has 0 aromatic heterocycles. The van der Waals surface area contributed by atoms with Crippen LogP contribution in [0.25, 0.3) is 0 Å². The van der Waals surface area contributed by atoms with E-state index in [0.29, 0.717) is 0 Å². The fraction of sp³-hybridized carbons (Fsp3) is 0.143. The van der Waals surface area contributed by atoms with Gasteiger partial charge in [-0.25, -0.2) is 19.2 Å². The van der Waals surface area contributed by atoms with Gasteiger partial charge in [0.05, 0.1) is 16.7 Å². The lowest BCUT2D eigenvalue weighted by Gasteiger charge is -2.10. The van der Waals surface area contributed by atoms with Crippen LogP contribution in [0.4, 0.5) is 0 Å². The maximum atomic E-state index is 12.1. The van der Waals surface area contributed by atoms with Crippen LogP contribution in [0.1, 0.15) is 31.1 Å². The molecule has 0 aliphatic carbocycles. The smallest absolute Gasteiger partial charge is 0.339 e. The van der Waals surface area contributed by atoms with E-state index in [-0.39, 0.29) is 36.5 Å². The van der Waals surface area contributed by atoms with Crippen molar-refractivity contribution in [1.82, 2.24) is 0 Å². The summed E-state index contributed by atoms with van der Waals surface area (Å²) < 4.78 is 14.8. The lowest BCUT2D eigenvalue weighted by atomic mass is 10.0. The number of aliphatic carboxylic acids is 1. The molecule has 0 atom stereocenters. The first-order chi connectivity index (χ1) is 13.8. The van der Waals surface area contributed by atoms with E-state index in [1.165, 1.54) is 36.4 Å². The number of rotatable bonds is 10. The Balaban J connectivity index is 0.00000139. The second-order valence-corrected chi connectivity index (χ2v) is 4.96. The molecular formula is C21H22O8. The van der Waals surface area contributed by atoms with Crippen LogP contribution < -0.4 is 0 Å². The highest BCUT2D eigenvalue weighted by molar-refractivity contribution is 6.05. The summed E-state index contributed by atoms with van der Waals surface area (Å²) in [6, 6.07) is 3.89. The summed E-state index contributed by atoms with van der Waals surface area (Å²) in [5, 5.41) is 7.60. The first kappa shape index (κ1) is 25.1. The SMILES string of the molecule is C=CC(=O)O.C=CCOC(=O)c1ccc(C(=O)OCC=C)c(C(=O)OCC=C)c1. The first-order valence-corrected chi connectivity index (χ1v) is 8.15. The minimum atomic E-state index is -0.981. The fourth-order valence-corrected chi connectivity index (χ4v) is 1.66. The third-order valence-corrected chi connectivity index (χ3v) is 2.87. The van der Waals surface area contributed by atoms with E-state index in [0.717, 1.165) is 6.08 Å². The summed E-state index contributed by atoms with van der Waals surface area (Å²) in [7, 11) is 0. The maximum Gasteiger partial charge on any atom is 0.339 e. The number of carboxylic acids is 1. The van der Waals surface area contributed by atoms with Gasteiger partial charge in [-0.2, -0.15) is 0 Å². The largest absolute Gasteiger partial charge is 0.478 e. The summed E-state index contributed by atoms with van der Waals surface area (Å²) in [4.78, 5) is 45.3. The maximum absolute atomic E-state index is 12.1. The number of benzene rings is 1. The highest BCUT2D eigenvalue weighted by atomic mass is 16.5. The molecule has 8 heteroatoms. The Bertz CT molecular complexity index is 792. The summed E-state index contributed by atoms with van der Waals surface area (Å²) in [5.74, 6) is -3.14. The summed E-state index contributed by atoms with van der Waals surface area (Å²) in [6.07, 6.45) is 5.03. The molecule has 0 fully saturated rings. The van der Waals surface area contributed by atoms with Crippen LogP contribution in [0.2, 0.25) is 0 Å². The van der Waals surface area contributed by atoms with Gasteiger partial charge in [0.15, 0.2) is 0 Å². The van der Waals surface area contributed by atoms with Crippen LogP contribution >= 0.6 is 0 Å². The molecule has 0 spiro atoms. The topological polar surface area (TPSA) is 116 Å². The molecular weight excluding hydrogens is 380 g/mol. The number of ether oxygens (including phenoxy) is 3. The van der Waals surface area contributed by atoms with E-state index < -0.39 is 23.9 Å². The molecule has 29 heavy (non-hydrogen) atoms. The summed E-state index contributed by atoms with van der Waals surface area (Å²) in [5.41, 5.74) is -0.0205. The van der Waals surface area contributed by atoms with Gasteiger partial charge in [0.2, 0.25) is 0 Å². The number of esters is 3. The van der Waals surface area contributed by atoms with E-state index >= 15 is 0 Å². The molecule has 0 aliphatic heterocycles. The van der Waals surface area contributed by atoms with Crippen LogP contribution in [0.15, 0.2) is 68.8 Å². The molecule has 0 saturated carbocycles. The quantitative estimate of drug-likeness (QED) is 0.275. The Morgan fingerprint density at radius 2 is 1.17 bits per heavy atom. The van der Waals surface area contributed by atoms with Crippen molar-refractivity contribution in [2.24, 2.45) is 0 Å². The number of carboxylic acid groups (broad SMARTS) is 1. The van der Waals surface area contributed by atoms with Crippen molar-refractivity contribution < 1.29 is 38.5 Å². The minimum Gasteiger partial charge on any atom is -0.478 e. The van der Waals surface area contributed by atoms with E-state index in [4.69, 9.17) is 19.3 Å². The van der Waals surface area contributed by atoms with Gasteiger partial charge in [-0.3, -0.25) is 0 Å². The monoisotopic (exact) mass is 402 g/mol. The van der Waals surface area contributed by atoms with Gasteiger partial charge >= 0.3 is 23.9 Å². The molecule has 0 bridgehead atoms. The molecule has 1 aromatic rings. The third kappa shape index (κ3) is 9.53.